The Morgan fingerprint density at radius 3 is 2.89 bits per heavy atom. The van der Waals surface area contributed by atoms with Crippen LogP contribution in [0.15, 0.2) is 31.0 Å². The molecule has 0 spiro atoms. The van der Waals surface area contributed by atoms with Crippen molar-refractivity contribution in [1.29, 1.82) is 0 Å². The number of aromatic nitrogens is 6. The van der Waals surface area contributed by atoms with Crippen molar-refractivity contribution >= 4 is 28.3 Å². The second-order valence-electron chi connectivity index (χ2n) is 7.07. The molecule has 0 amide bonds. The summed E-state index contributed by atoms with van der Waals surface area (Å²) in [6.07, 6.45) is 9.60. The van der Waals surface area contributed by atoms with Gasteiger partial charge in [-0.1, -0.05) is 0 Å². The number of nitrogens with zero attached hydrogens (tertiary/aromatic N) is 6. The number of fused-ring (bicyclic) bond motifs is 2. The van der Waals surface area contributed by atoms with Gasteiger partial charge >= 0.3 is 0 Å². The lowest BCUT2D eigenvalue weighted by Crippen LogP contribution is -2.14. The van der Waals surface area contributed by atoms with Crippen molar-refractivity contribution in [1.82, 2.24) is 29.1 Å². The van der Waals surface area contributed by atoms with E-state index < -0.39 is 0 Å². The van der Waals surface area contributed by atoms with E-state index in [0.29, 0.717) is 11.9 Å². The Hall–Kier alpha value is -3.00. The number of hydrogen-bond acceptors (Lipinski definition) is 6. The van der Waals surface area contributed by atoms with Gasteiger partial charge in [0.25, 0.3) is 0 Å². The van der Waals surface area contributed by atoms with E-state index in [-0.39, 0.29) is 0 Å². The molecule has 5 heterocycles. The summed E-state index contributed by atoms with van der Waals surface area (Å²) >= 11 is 0. The summed E-state index contributed by atoms with van der Waals surface area (Å²) in [6, 6.07) is 1.99. The van der Waals surface area contributed by atoms with E-state index in [1.807, 2.05) is 32.4 Å². The fourth-order valence-electron chi connectivity index (χ4n) is 3.76. The van der Waals surface area contributed by atoms with E-state index in [4.69, 9.17) is 9.72 Å². The van der Waals surface area contributed by atoms with Gasteiger partial charge in [-0.3, -0.25) is 0 Å². The topological polar surface area (TPSA) is 82.2 Å². The number of nitrogens with one attached hydrogen (secondary N) is 1. The molecule has 27 heavy (non-hydrogen) atoms. The second-order valence-corrected chi connectivity index (χ2v) is 7.07. The first-order valence-corrected chi connectivity index (χ1v) is 9.16. The van der Waals surface area contributed by atoms with Gasteiger partial charge in [-0.25, -0.2) is 19.5 Å². The zero-order valence-corrected chi connectivity index (χ0v) is 15.4. The fraction of sp³-hybridized carbons (Fsp3) is 0.368. The largest absolute Gasteiger partial charge is 0.381 e. The molecule has 8 heteroatoms. The molecule has 0 atom stereocenters. The number of rotatable bonds is 3. The Kier molecular flexibility index (Phi) is 3.78. The van der Waals surface area contributed by atoms with Crippen LogP contribution in [0.1, 0.15) is 29.9 Å². The monoisotopic (exact) mass is 363 g/mol. The van der Waals surface area contributed by atoms with E-state index in [1.165, 1.54) is 5.56 Å². The number of aryl methyl sites for hydroxylation is 2. The molecule has 1 N–H and O–H groups in total. The molecule has 0 aromatic carbocycles. The normalized spacial score (nSPS) is 15.6. The molecule has 1 saturated heterocycles. The van der Waals surface area contributed by atoms with Crippen molar-refractivity contribution in [3.8, 4) is 0 Å². The molecule has 0 unspecified atom stereocenters. The predicted molar refractivity (Wildman–Crippen MR) is 102 cm³/mol. The summed E-state index contributed by atoms with van der Waals surface area (Å²) in [5.41, 5.74) is 6.14. The van der Waals surface area contributed by atoms with Crippen molar-refractivity contribution in [3.05, 3.63) is 42.1 Å². The Labute approximate surface area is 156 Å². The van der Waals surface area contributed by atoms with Gasteiger partial charge in [-0.15, -0.1) is 0 Å². The minimum Gasteiger partial charge on any atom is -0.381 e. The van der Waals surface area contributed by atoms with Gasteiger partial charge in [0.1, 0.15) is 6.33 Å². The molecule has 8 nitrogen and oxygen atoms in total. The molecule has 1 aliphatic heterocycles. The molecule has 0 bridgehead atoms. The number of anilines is 2. The molecule has 0 saturated carbocycles. The number of ether oxygens (including phenoxy) is 1. The Balaban J connectivity index is 1.54. The summed E-state index contributed by atoms with van der Waals surface area (Å²) in [5.74, 6) is 1.07. The molecular weight excluding hydrogens is 342 g/mol. The zero-order chi connectivity index (χ0) is 18.4. The summed E-state index contributed by atoms with van der Waals surface area (Å²) in [7, 11) is 2.05. The summed E-state index contributed by atoms with van der Waals surface area (Å²) in [5, 5.41) is 7.54. The van der Waals surface area contributed by atoms with Crippen molar-refractivity contribution in [2.45, 2.75) is 25.7 Å². The maximum absolute atomic E-state index is 5.52. The van der Waals surface area contributed by atoms with Crippen LogP contribution in [0, 0.1) is 6.92 Å². The van der Waals surface area contributed by atoms with E-state index in [9.17, 15) is 0 Å². The highest BCUT2D eigenvalue weighted by atomic mass is 16.5. The standard InChI is InChI=1S/C19H21N7O/c1-12-7-17-21-11-22-26(17)10-15(12)23-19-20-8-16-18(24-19)14(9-25(16)2)13-3-5-27-6-4-13/h7-11,13H,3-6H2,1-2H3,(H,20,23,24). The first-order chi connectivity index (χ1) is 13.2. The van der Waals surface area contributed by atoms with Gasteiger partial charge in [-0.05, 0) is 42.9 Å². The second kappa shape index (κ2) is 6.31. The number of pyridine rings is 1. The smallest absolute Gasteiger partial charge is 0.227 e. The highest BCUT2D eigenvalue weighted by molar-refractivity contribution is 5.81. The van der Waals surface area contributed by atoms with Crippen molar-refractivity contribution in [2.24, 2.45) is 7.05 Å². The molecule has 0 aliphatic carbocycles. The van der Waals surface area contributed by atoms with Gasteiger partial charge in [0, 0.05) is 26.5 Å². The van der Waals surface area contributed by atoms with E-state index in [1.54, 1.807) is 10.8 Å². The van der Waals surface area contributed by atoms with Gasteiger partial charge in [-0.2, -0.15) is 5.10 Å². The summed E-state index contributed by atoms with van der Waals surface area (Å²) in [4.78, 5) is 13.6. The molecule has 138 valence electrons. The molecule has 5 rings (SSSR count). The van der Waals surface area contributed by atoms with Crippen LogP contribution in [0.4, 0.5) is 11.6 Å². The van der Waals surface area contributed by atoms with E-state index in [0.717, 1.165) is 54.0 Å². The Morgan fingerprint density at radius 2 is 2.04 bits per heavy atom. The first kappa shape index (κ1) is 16.2. The molecule has 1 aliphatic rings. The molecule has 1 fully saturated rings. The third kappa shape index (κ3) is 2.82. The van der Waals surface area contributed by atoms with Crippen molar-refractivity contribution in [2.75, 3.05) is 18.5 Å². The molecule has 4 aromatic rings. The van der Waals surface area contributed by atoms with Crippen LogP contribution < -0.4 is 5.32 Å². The average Bonchev–Trinajstić information content (AvgIpc) is 3.26. The van der Waals surface area contributed by atoms with Gasteiger partial charge in [0.05, 0.1) is 29.1 Å². The lowest BCUT2D eigenvalue weighted by molar-refractivity contribution is 0.0855. The first-order valence-electron chi connectivity index (χ1n) is 9.16. The van der Waals surface area contributed by atoms with Crippen molar-refractivity contribution in [3.63, 3.8) is 0 Å². The fourth-order valence-corrected chi connectivity index (χ4v) is 3.76. The SMILES string of the molecule is Cc1cc2ncnn2cc1Nc1ncc2c(n1)c(C1CCOCC1)cn2C. The van der Waals surface area contributed by atoms with Crippen LogP contribution in [0.25, 0.3) is 16.7 Å². The average molecular weight is 363 g/mol. The van der Waals surface area contributed by atoms with Crippen LogP contribution in [0.2, 0.25) is 0 Å². The molecule has 4 aromatic heterocycles. The summed E-state index contributed by atoms with van der Waals surface area (Å²) in [6.45, 7) is 3.66. The minimum atomic E-state index is 0.485. The third-order valence-corrected chi connectivity index (χ3v) is 5.29. The zero-order valence-electron chi connectivity index (χ0n) is 15.4. The van der Waals surface area contributed by atoms with Crippen LogP contribution in [-0.2, 0) is 11.8 Å². The third-order valence-electron chi connectivity index (χ3n) is 5.29. The van der Waals surface area contributed by atoms with E-state index in [2.05, 4.69) is 31.1 Å². The minimum absolute atomic E-state index is 0.485. The predicted octanol–water partition coefficient (Wildman–Crippen LogP) is 2.96. The van der Waals surface area contributed by atoms with E-state index >= 15 is 0 Å². The van der Waals surface area contributed by atoms with Crippen LogP contribution in [0.3, 0.4) is 0 Å². The quantitative estimate of drug-likeness (QED) is 0.603. The highest BCUT2D eigenvalue weighted by Crippen LogP contribution is 2.33. The lowest BCUT2D eigenvalue weighted by Gasteiger charge is -2.21. The van der Waals surface area contributed by atoms with Crippen molar-refractivity contribution < 1.29 is 4.74 Å². The summed E-state index contributed by atoms with van der Waals surface area (Å²) < 4.78 is 9.37. The van der Waals surface area contributed by atoms with Gasteiger partial charge in [0.2, 0.25) is 5.95 Å². The van der Waals surface area contributed by atoms with Gasteiger partial charge in [0.15, 0.2) is 5.65 Å². The molecular formula is C19H21N7O. The maximum Gasteiger partial charge on any atom is 0.227 e. The maximum atomic E-state index is 5.52. The van der Waals surface area contributed by atoms with Crippen LogP contribution >= 0.6 is 0 Å². The van der Waals surface area contributed by atoms with Crippen LogP contribution in [-0.4, -0.2) is 42.3 Å². The Bertz CT molecular complexity index is 1120. The lowest BCUT2D eigenvalue weighted by atomic mass is 9.93. The number of hydrogen-bond donors (Lipinski definition) is 1. The van der Waals surface area contributed by atoms with Crippen LogP contribution in [0.5, 0.6) is 0 Å². The van der Waals surface area contributed by atoms with Gasteiger partial charge < -0.3 is 14.6 Å². The highest BCUT2D eigenvalue weighted by Gasteiger charge is 2.21. The molecule has 0 radical (unpaired) electrons. The Morgan fingerprint density at radius 1 is 1.19 bits per heavy atom.